The Morgan fingerprint density at radius 2 is 2.18 bits per heavy atom. The molecule has 0 amide bonds. The maximum absolute atomic E-state index is 13.0. The van der Waals surface area contributed by atoms with Crippen LogP contribution in [0, 0.1) is 5.82 Å². The van der Waals surface area contributed by atoms with Crippen LogP contribution in [-0.4, -0.2) is 15.7 Å². The molecule has 0 bridgehead atoms. The fraction of sp³-hybridized carbons (Fsp3) is 0.0909. The lowest BCUT2D eigenvalue weighted by Gasteiger charge is -2.05. The molecular formula is C11H10FN3O2. The number of halogens is 1. The first-order valence-corrected chi connectivity index (χ1v) is 4.93. The number of aromatic amines is 1. The predicted molar refractivity (Wildman–Crippen MR) is 59.1 cm³/mol. The lowest BCUT2D eigenvalue weighted by Crippen LogP contribution is -2.19. The minimum atomic E-state index is -0.521. The molecule has 0 saturated heterocycles. The molecule has 0 aliphatic carbocycles. The molecule has 0 aliphatic rings. The number of hydrogen-bond acceptors (Lipinski definition) is 3. The largest absolute Gasteiger partial charge is 0.325 e. The summed E-state index contributed by atoms with van der Waals surface area (Å²) in [5.41, 5.74) is 5.48. The summed E-state index contributed by atoms with van der Waals surface area (Å²) in [7, 11) is 0. The van der Waals surface area contributed by atoms with Crippen molar-refractivity contribution in [2.24, 2.45) is 5.73 Å². The molecule has 2 rings (SSSR count). The summed E-state index contributed by atoms with van der Waals surface area (Å²) in [5, 5.41) is 2.32. The minimum absolute atomic E-state index is 0.0415. The van der Waals surface area contributed by atoms with Crippen LogP contribution < -0.4 is 11.3 Å². The molecule has 0 unspecified atom stereocenters. The summed E-state index contributed by atoms with van der Waals surface area (Å²) in [5.74, 6) is -1.04. The third-order valence-corrected chi connectivity index (χ3v) is 2.29. The van der Waals surface area contributed by atoms with E-state index in [1.165, 1.54) is 24.3 Å². The van der Waals surface area contributed by atoms with Crippen LogP contribution in [0.4, 0.5) is 4.39 Å². The first-order valence-electron chi connectivity index (χ1n) is 4.93. The van der Waals surface area contributed by atoms with Crippen molar-refractivity contribution in [3.8, 4) is 0 Å². The van der Waals surface area contributed by atoms with E-state index in [-0.39, 0.29) is 12.1 Å². The second-order valence-corrected chi connectivity index (χ2v) is 3.47. The second-order valence-electron chi connectivity index (χ2n) is 3.47. The van der Waals surface area contributed by atoms with Crippen LogP contribution in [0.1, 0.15) is 16.1 Å². The van der Waals surface area contributed by atoms with E-state index in [4.69, 9.17) is 5.73 Å². The first kappa shape index (κ1) is 11.3. The monoisotopic (exact) mass is 235 g/mol. The smallest absolute Gasteiger partial charge is 0.276 e. The van der Waals surface area contributed by atoms with Crippen molar-refractivity contribution in [3.63, 3.8) is 0 Å². The van der Waals surface area contributed by atoms with E-state index in [0.717, 1.165) is 10.7 Å². The molecule has 17 heavy (non-hydrogen) atoms. The lowest BCUT2D eigenvalue weighted by molar-refractivity contribution is 0.0940. The summed E-state index contributed by atoms with van der Waals surface area (Å²) in [6.07, 6.45) is 0. The average Bonchev–Trinajstić information content (AvgIpc) is 2.69. The Labute approximate surface area is 95.7 Å². The van der Waals surface area contributed by atoms with Crippen LogP contribution in [-0.2, 0) is 6.54 Å². The molecule has 0 fully saturated rings. The number of H-pyrrole nitrogens is 1. The fourth-order valence-electron chi connectivity index (χ4n) is 1.51. The number of hydrogen-bond donors (Lipinski definition) is 2. The highest BCUT2D eigenvalue weighted by atomic mass is 19.1. The Morgan fingerprint density at radius 1 is 1.41 bits per heavy atom. The van der Waals surface area contributed by atoms with Crippen LogP contribution in [0.15, 0.2) is 35.1 Å². The number of aromatic nitrogens is 2. The third-order valence-electron chi connectivity index (χ3n) is 2.29. The Kier molecular flexibility index (Phi) is 2.88. The number of carbonyl (C=O) groups is 1. The standard InChI is InChI=1S/C11H10FN3O2/c12-8-3-1-2-7(4-8)11(17)15-9(6-13)5-10(16)14-15/h1-5H,6,13H2,(H,14,16). The van der Waals surface area contributed by atoms with Crippen molar-refractivity contribution in [2.75, 3.05) is 0 Å². The van der Waals surface area contributed by atoms with E-state index >= 15 is 0 Å². The van der Waals surface area contributed by atoms with Crippen molar-refractivity contribution in [1.29, 1.82) is 0 Å². The summed E-state index contributed by atoms with van der Waals surface area (Å²) in [6, 6.07) is 6.45. The zero-order valence-corrected chi connectivity index (χ0v) is 8.81. The molecule has 1 aromatic carbocycles. The number of benzene rings is 1. The van der Waals surface area contributed by atoms with Crippen molar-refractivity contribution in [2.45, 2.75) is 6.54 Å². The van der Waals surface area contributed by atoms with Crippen molar-refractivity contribution in [3.05, 3.63) is 57.8 Å². The van der Waals surface area contributed by atoms with Gasteiger partial charge in [-0.2, -0.15) is 0 Å². The molecule has 5 nitrogen and oxygen atoms in total. The Balaban J connectivity index is 2.47. The van der Waals surface area contributed by atoms with Crippen molar-refractivity contribution in [1.82, 2.24) is 9.78 Å². The van der Waals surface area contributed by atoms with Crippen LogP contribution in [0.2, 0.25) is 0 Å². The van der Waals surface area contributed by atoms with Gasteiger partial charge in [-0.1, -0.05) is 6.07 Å². The van der Waals surface area contributed by atoms with E-state index < -0.39 is 17.3 Å². The van der Waals surface area contributed by atoms with Crippen LogP contribution in [0.5, 0.6) is 0 Å². The maximum atomic E-state index is 13.0. The minimum Gasteiger partial charge on any atom is -0.325 e. The van der Waals surface area contributed by atoms with Gasteiger partial charge < -0.3 is 5.73 Å². The zero-order valence-electron chi connectivity index (χ0n) is 8.81. The normalized spacial score (nSPS) is 10.5. The third kappa shape index (κ3) is 2.16. The Bertz CT molecular complexity index is 615. The van der Waals surface area contributed by atoms with E-state index in [9.17, 15) is 14.0 Å². The number of carbonyl (C=O) groups excluding carboxylic acids is 1. The van der Waals surface area contributed by atoms with Gasteiger partial charge in [-0.25, -0.2) is 9.07 Å². The highest BCUT2D eigenvalue weighted by Gasteiger charge is 2.13. The zero-order chi connectivity index (χ0) is 12.4. The molecule has 0 aliphatic heterocycles. The topological polar surface area (TPSA) is 80.9 Å². The quantitative estimate of drug-likeness (QED) is 0.793. The van der Waals surface area contributed by atoms with Gasteiger partial charge in [0.15, 0.2) is 0 Å². The summed E-state index contributed by atoms with van der Waals surface area (Å²) >= 11 is 0. The summed E-state index contributed by atoms with van der Waals surface area (Å²) in [6.45, 7) is 0.0415. The lowest BCUT2D eigenvalue weighted by atomic mass is 10.2. The summed E-state index contributed by atoms with van der Waals surface area (Å²) < 4.78 is 14.0. The average molecular weight is 235 g/mol. The first-order chi connectivity index (χ1) is 8.11. The molecule has 2 aromatic rings. The molecule has 0 saturated carbocycles. The molecule has 0 atom stereocenters. The van der Waals surface area contributed by atoms with Gasteiger partial charge >= 0.3 is 0 Å². The van der Waals surface area contributed by atoms with Gasteiger partial charge in [0, 0.05) is 18.2 Å². The van der Waals surface area contributed by atoms with Gasteiger partial charge in [-0.05, 0) is 18.2 Å². The molecule has 1 aromatic heterocycles. The fourth-order valence-corrected chi connectivity index (χ4v) is 1.51. The number of rotatable bonds is 2. The van der Waals surface area contributed by atoms with Crippen molar-refractivity contribution < 1.29 is 9.18 Å². The highest BCUT2D eigenvalue weighted by molar-refractivity contribution is 5.95. The van der Waals surface area contributed by atoms with Gasteiger partial charge in [0.05, 0.1) is 5.69 Å². The van der Waals surface area contributed by atoms with Crippen molar-refractivity contribution >= 4 is 5.91 Å². The molecule has 3 N–H and O–H groups in total. The summed E-state index contributed by atoms with van der Waals surface area (Å²) in [4.78, 5) is 23.1. The van der Waals surface area contributed by atoms with Gasteiger partial charge in [0.1, 0.15) is 5.82 Å². The van der Waals surface area contributed by atoms with E-state index in [2.05, 4.69) is 5.10 Å². The molecule has 6 heteroatoms. The van der Waals surface area contributed by atoms with Crippen LogP contribution in [0.25, 0.3) is 0 Å². The predicted octanol–water partition coefficient (Wildman–Crippen LogP) is 0.463. The molecular weight excluding hydrogens is 225 g/mol. The van der Waals surface area contributed by atoms with Crippen LogP contribution >= 0.6 is 0 Å². The SMILES string of the molecule is NCc1cc(=O)[nH]n1C(=O)c1cccc(F)c1. The number of nitrogens with one attached hydrogen (secondary N) is 1. The number of nitrogens with two attached hydrogens (primary N) is 1. The highest BCUT2D eigenvalue weighted by Crippen LogP contribution is 2.06. The van der Waals surface area contributed by atoms with Gasteiger partial charge in [-0.3, -0.25) is 14.7 Å². The molecule has 1 heterocycles. The molecule has 0 spiro atoms. The second kappa shape index (κ2) is 4.34. The maximum Gasteiger partial charge on any atom is 0.276 e. The van der Waals surface area contributed by atoms with E-state index in [0.29, 0.717) is 5.69 Å². The molecule has 88 valence electrons. The van der Waals surface area contributed by atoms with Gasteiger partial charge in [0.25, 0.3) is 11.5 Å². The number of nitrogens with zero attached hydrogens (tertiary/aromatic N) is 1. The molecule has 0 radical (unpaired) electrons. The van der Waals surface area contributed by atoms with Gasteiger partial charge in [0.2, 0.25) is 0 Å². The Morgan fingerprint density at radius 3 is 2.82 bits per heavy atom. The van der Waals surface area contributed by atoms with Crippen LogP contribution in [0.3, 0.4) is 0 Å². The van der Waals surface area contributed by atoms with Gasteiger partial charge in [-0.15, -0.1) is 0 Å². The Hall–Kier alpha value is -2.21. The van der Waals surface area contributed by atoms with E-state index in [1.807, 2.05) is 0 Å². The van der Waals surface area contributed by atoms with E-state index in [1.54, 1.807) is 0 Å².